The minimum absolute atomic E-state index is 0.337. The Labute approximate surface area is 124 Å². The lowest BCUT2D eigenvalue weighted by molar-refractivity contribution is 0.127. The molecule has 0 aliphatic heterocycles. The zero-order valence-corrected chi connectivity index (χ0v) is 13.6. The lowest BCUT2D eigenvalue weighted by Gasteiger charge is -2.27. The number of nitriles is 1. The summed E-state index contributed by atoms with van der Waals surface area (Å²) in [4.78, 5) is 2.45. The van der Waals surface area contributed by atoms with Crippen LogP contribution >= 0.6 is 0 Å². The average Bonchev–Trinajstić information content (AvgIpc) is 3.21. The van der Waals surface area contributed by atoms with Crippen molar-refractivity contribution in [3.05, 3.63) is 0 Å². The van der Waals surface area contributed by atoms with Crippen LogP contribution in [0.15, 0.2) is 0 Å². The summed E-state index contributed by atoms with van der Waals surface area (Å²) < 4.78 is 5.16. The second-order valence-corrected chi connectivity index (χ2v) is 6.44. The Morgan fingerprint density at radius 1 is 1.35 bits per heavy atom. The van der Waals surface area contributed by atoms with E-state index in [1.165, 1.54) is 12.8 Å². The average molecular weight is 281 g/mol. The van der Waals surface area contributed by atoms with Crippen molar-refractivity contribution in [2.45, 2.75) is 70.5 Å². The highest BCUT2D eigenvalue weighted by molar-refractivity contribution is 5.06. The molecule has 0 bridgehead atoms. The largest absolute Gasteiger partial charge is 0.383 e. The molecular weight excluding hydrogens is 250 g/mol. The van der Waals surface area contributed by atoms with E-state index in [0.717, 1.165) is 39.0 Å². The molecule has 1 aliphatic carbocycles. The molecule has 20 heavy (non-hydrogen) atoms. The van der Waals surface area contributed by atoms with Crippen molar-refractivity contribution in [3.8, 4) is 6.07 Å². The molecule has 1 saturated carbocycles. The highest BCUT2D eigenvalue weighted by atomic mass is 16.5. The molecule has 0 aromatic heterocycles. The highest BCUT2D eigenvalue weighted by Crippen LogP contribution is 2.24. The van der Waals surface area contributed by atoms with Gasteiger partial charge in [-0.1, -0.05) is 0 Å². The van der Waals surface area contributed by atoms with Crippen LogP contribution in [0, 0.1) is 11.3 Å². The summed E-state index contributed by atoms with van der Waals surface area (Å²) in [6.45, 7) is 9.36. The summed E-state index contributed by atoms with van der Waals surface area (Å²) in [6, 6.07) is 3.59. The van der Waals surface area contributed by atoms with Gasteiger partial charge in [0, 0.05) is 25.7 Å². The molecule has 0 heterocycles. The molecule has 0 aromatic rings. The third-order valence-electron chi connectivity index (χ3n) is 4.03. The molecule has 0 saturated heterocycles. The van der Waals surface area contributed by atoms with Crippen LogP contribution in [0.5, 0.6) is 0 Å². The first kappa shape index (κ1) is 17.4. The van der Waals surface area contributed by atoms with Crippen LogP contribution in [0.3, 0.4) is 0 Å². The number of nitrogens with zero attached hydrogens (tertiary/aromatic N) is 2. The summed E-state index contributed by atoms with van der Waals surface area (Å²) in [5.41, 5.74) is -0.337. The Hall–Kier alpha value is -0.630. The van der Waals surface area contributed by atoms with E-state index in [1.807, 2.05) is 6.92 Å². The first-order valence-corrected chi connectivity index (χ1v) is 7.92. The van der Waals surface area contributed by atoms with E-state index in [-0.39, 0.29) is 5.54 Å². The fraction of sp³-hybridized carbons (Fsp3) is 0.938. The molecule has 1 unspecified atom stereocenters. The highest BCUT2D eigenvalue weighted by Gasteiger charge is 2.31. The third kappa shape index (κ3) is 6.69. The quantitative estimate of drug-likeness (QED) is 0.591. The Balaban J connectivity index is 2.22. The normalized spacial score (nSPS) is 18.2. The molecule has 1 rings (SSSR count). The second kappa shape index (κ2) is 8.61. The Morgan fingerprint density at radius 3 is 2.55 bits per heavy atom. The molecule has 0 aromatic carbocycles. The first-order valence-electron chi connectivity index (χ1n) is 7.92. The predicted octanol–water partition coefficient (Wildman–Crippen LogP) is 2.55. The molecule has 0 radical (unpaired) electrons. The molecule has 116 valence electrons. The second-order valence-electron chi connectivity index (χ2n) is 6.44. The SMILES string of the molecule is COCCN(CCCCC(C)(C#N)NC1CC1)C(C)C. The molecule has 1 N–H and O–H groups in total. The van der Waals surface area contributed by atoms with Crippen LogP contribution < -0.4 is 5.32 Å². The standard InChI is InChI=1S/C16H31N3O/c1-14(2)19(11-12-20-4)10-6-5-9-16(3,13-17)18-15-7-8-15/h14-15,18H,5-12H2,1-4H3. The van der Waals surface area contributed by atoms with Crippen molar-refractivity contribution in [1.29, 1.82) is 5.26 Å². The van der Waals surface area contributed by atoms with E-state index in [1.54, 1.807) is 7.11 Å². The number of ether oxygens (including phenoxy) is 1. The maximum Gasteiger partial charge on any atom is 0.104 e. The summed E-state index contributed by atoms with van der Waals surface area (Å²) in [5.74, 6) is 0. The zero-order chi connectivity index (χ0) is 15.0. The summed E-state index contributed by atoms with van der Waals surface area (Å²) in [5, 5.41) is 12.8. The molecule has 4 nitrogen and oxygen atoms in total. The lowest BCUT2D eigenvalue weighted by Crippen LogP contribution is -2.42. The number of methoxy groups -OCH3 is 1. The molecule has 1 aliphatic rings. The van der Waals surface area contributed by atoms with Crippen LogP contribution in [-0.2, 0) is 4.74 Å². The molecule has 0 amide bonds. The summed E-state index contributed by atoms with van der Waals surface area (Å²) >= 11 is 0. The molecule has 1 fully saturated rings. The fourth-order valence-corrected chi connectivity index (χ4v) is 2.47. The van der Waals surface area contributed by atoms with Gasteiger partial charge in [-0.05, 0) is 59.4 Å². The smallest absolute Gasteiger partial charge is 0.104 e. The summed E-state index contributed by atoms with van der Waals surface area (Å²) in [6.07, 6.45) is 5.65. The van der Waals surface area contributed by atoms with Gasteiger partial charge in [0.2, 0.25) is 0 Å². The van der Waals surface area contributed by atoms with E-state index in [0.29, 0.717) is 12.1 Å². The minimum Gasteiger partial charge on any atom is -0.383 e. The van der Waals surface area contributed by atoms with Gasteiger partial charge >= 0.3 is 0 Å². The number of hydrogen-bond acceptors (Lipinski definition) is 4. The van der Waals surface area contributed by atoms with E-state index in [4.69, 9.17) is 4.74 Å². The van der Waals surface area contributed by atoms with Crippen molar-refractivity contribution < 1.29 is 4.74 Å². The van der Waals surface area contributed by atoms with Crippen molar-refractivity contribution >= 4 is 0 Å². The lowest BCUT2D eigenvalue weighted by atomic mass is 9.96. The Kier molecular flexibility index (Phi) is 7.50. The van der Waals surface area contributed by atoms with Gasteiger partial charge in [0.15, 0.2) is 0 Å². The van der Waals surface area contributed by atoms with E-state index >= 15 is 0 Å². The topological polar surface area (TPSA) is 48.3 Å². The fourth-order valence-electron chi connectivity index (χ4n) is 2.47. The van der Waals surface area contributed by atoms with E-state index < -0.39 is 0 Å². The number of unbranched alkanes of at least 4 members (excludes halogenated alkanes) is 1. The predicted molar refractivity (Wildman–Crippen MR) is 82.6 cm³/mol. The molecule has 4 heteroatoms. The van der Waals surface area contributed by atoms with Gasteiger partial charge in [-0.15, -0.1) is 0 Å². The van der Waals surface area contributed by atoms with Gasteiger partial charge in [-0.2, -0.15) is 5.26 Å². The van der Waals surface area contributed by atoms with E-state index in [2.05, 4.69) is 30.1 Å². The zero-order valence-electron chi connectivity index (χ0n) is 13.6. The van der Waals surface area contributed by atoms with Gasteiger partial charge in [0.05, 0.1) is 12.7 Å². The van der Waals surface area contributed by atoms with E-state index in [9.17, 15) is 5.26 Å². The van der Waals surface area contributed by atoms with Gasteiger partial charge < -0.3 is 4.74 Å². The monoisotopic (exact) mass is 281 g/mol. The van der Waals surface area contributed by atoms with Gasteiger partial charge in [-0.3, -0.25) is 10.2 Å². The summed E-state index contributed by atoms with van der Waals surface area (Å²) in [7, 11) is 1.75. The van der Waals surface area contributed by atoms with Gasteiger partial charge in [0.1, 0.15) is 5.54 Å². The number of nitrogens with one attached hydrogen (secondary N) is 1. The third-order valence-corrected chi connectivity index (χ3v) is 4.03. The van der Waals surface area contributed by atoms with Crippen LogP contribution in [0.25, 0.3) is 0 Å². The van der Waals surface area contributed by atoms with Crippen LogP contribution in [0.2, 0.25) is 0 Å². The maximum absolute atomic E-state index is 9.34. The molecular formula is C16H31N3O. The first-order chi connectivity index (χ1) is 9.50. The van der Waals surface area contributed by atoms with Crippen LogP contribution in [0.4, 0.5) is 0 Å². The molecule has 1 atom stereocenters. The maximum atomic E-state index is 9.34. The number of rotatable bonds is 11. The Morgan fingerprint density at radius 2 is 2.05 bits per heavy atom. The van der Waals surface area contributed by atoms with Crippen LogP contribution in [0.1, 0.15) is 52.9 Å². The van der Waals surface area contributed by atoms with Crippen molar-refractivity contribution in [2.75, 3.05) is 26.8 Å². The van der Waals surface area contributed by atoms with Gasteiger partial charge in [-0.25, -0.2) is 0 Å². The van der Waals surface area contributed by atoms with Crippen LogP contribution in [-0.4, -0.2) is 49.3 Å². The Bertz CT molecular complexity index is 309. The molecule has 0 spiro atoms. The minimum atomic E-state index is -0.337. The van der Waals surface area contributed by atoms with Crippen molar-refractivity contribution in [1.82, 2.24) is 10.2 Å². The number of hydrogen-bond donors (Lipinski definition) is 1. The van der Waals surface area contributed by atoms with Crippen molar-refractivity contribution in [2.24, 2.45) is 0 Å². The van der Waals surface area contributed by atoms with Gasteiger partial charge in [0.25, 0.3) is 0 Å². The van der Waals surface area contributed by atoms with Crippen molar-refractivity contribution in [3.63, 3.8) is 0 Å².